The van der Waals surface area contributed by atoms with Crippen molar-refractivity contribution in [2.45, 2.75) is 26.3 Å². The monoisotopic (exact) mass is 346 g/mol. The number of allylic oxidation sites excluding steroid dienone is 1. The normalized spacial score (nSPS) is 15.3. The topological polar surface area (TPSA) is 55.2 Å². The molecule has 0 saturated heterocycles. The standard InChI is InChI=1S/C18H16ClFN2O2/c1-10-9-18(2,3)21-17-14(20)8-13(16(19)15(10)17)11-5-4-6-12(7-11)22(23)24/h4-9,21H,1-3H3. The molecule has 1 aliphatic heterocycles. The van der Waals surface area contributed by atoms with Gasteiger partial charge in [-0.15, -0.1) is 0 Å². The molecule has 124 valence electrons. The van der Waals surface area contributed by atoms with Crippen molar-refractivity contribution in [3.8, 4) is 11.1 Å². The Kier molecular flexibility index (Phi) is 3.84. The second-order valence-electron chi connectivity index (χ2n) is 6.45. The van der Waals surface area contributed by atoms with Gasteiger partial charge in [-0.2, -0.15) is 0 Å². The molecule has 0 saturated carbocycles. The van der Waals surface area contributed by atoms with E-state index in [4.69, 9.17) is 11.6 Å². The molecule has 4 nitrogen and oxygen atoms in total. The molecule has 0 amide bonds. The van der Waals surface area contributed by atoms with Gasteiger partial charge in [-0.25, -0.2) is 4.39 Å². The average Bonchev–Trinajstić information content (AvgIpc) is 2.49. The quantitative estimate of drug-likeness (QED) is 0.563. The van der Waals surface area contributed by atoms with E-state index in [2.05, 4.69) is 5.32 Å². The third-order valence-electron chi connectivity index (χ3n) is 4.00. The lowest BCUT2D eigenvalue weighted by Crippen LogP contribution is -2.32. The molecule has 0 unspecified atom stereocenters. The highest BCUT2D eigenvalue weighted by atomic mass is 35.5. The van der Waals surface area contributed by atoms with Crippen molar-refractivity contribution in [2.75, 3.05) is 5.32 Å². The van der Waals surface area contributed by atoms with Crippen molar-refractivity contribution < 1.29 is 9.31 Å². The summed E-state index contributed by atoms with van der Waals surface area (Å²) >= 11 is 6.54. The van der Waals surface area contributed by atoms with Crippen LogP contribution in [0.25, 0.3) is 16.7 Å². The van der Waals surface area contributed by atoms with E-state index in [1.165, 1.54) is 18.2 Å². The number of rotatable bonds is 2. The molecule has 0 aliphatic carbocycles. The van der Waals surface area contributed by atoms with E-state index in [0.717, 1.165) is 5.57 Å². The van der Waals surface area contributed by atoms with Crippen LogP contribution in [0.15, 0.2) is 36.4 Å². The van der Waals surface area contributed by atoms with Crippen molar-refractivity contribution in [2.24, 2.45) is 0 Å². The predicted octanol–water partition coefficient (Wildman–Crippen LogP) is 5.66. The summed E-state index contributed by atoms with van der Waals surface area (Å²) in [6.07, 6.45) is 1.98. The number of hydrogen-bond acceptors (Lipinski definition) is 3. The Bertz CT molecular complexity index is 891. The van der Waals surface area contributed by atoms with Gasteiger partial charge >= 0.3 is 0 Å². The summed E-state index contributed by atoms with van der Waals surface area (Å²) < 4.78 is 14.7. The molecular weight excluding hydrogens is 331 g/mol. The lowest BCUT2D eigenvalue weighted by Gasteiger charge is -2.32. The zero-order valence-electron chi connectivity index (χ0n) is 13.5. The molecule has 0 aromatic heterocycles. The molecule has 24 heavy (non-hydrogen) atoms. The first kappa shape index (κ1) is 16.5. The highest BCUT2D eigenvalue weighted by Crippen LogP contribution is 2.44. The zero-order chi connectivity index (χ0) is 17.6. The second kappa shape index (κ2) is 5.60. The van der Waals surface area contributed by atoms with Gasteiger partial charge in [0, 0.05) is 23.3 Å². The van der Waals surface area contributed by atoms with Crippen molar-refractivity contribution >= 4 is 28.5 Å². The maximum atomic E-state index is 14.7. The maximum Gasteiger partial charge on any atom is 0.270 e. The molecule has 0 radical (unpaired) electrons. The number of nitro benzene ring substituents is 1. The van der Waals surface area contributed by atoms with Gasteiger partial charge < -0.3 is 5.32 Å². The maximum absolute atomic E-state index is 14.7. The van der Waals surface area contributed by atoms with Crippen LogP contribution >= 0.6 is 11.6 Å². The average molecular weight is 347 g/mol. The Morgan fingerprint density at radius 3 is 2.67 bits per heavy atom. The molecule has 0 bridgehead atoms. The van der Waals surface area contributed by atoms with Crippen molar-refractivity contribution in [3.05, 3.63) is 62.9 Å². The summed E-state index contributed by atoms with van der Waals surface area (Å²) in [4.78, 5) is 10.5. The first-order valence-corrected chi connectivity index (χ1v) is 7.82. The molecule has 0 atom stereocenters. The largest absolute Gasteiger partial charge is 0.374 e. The molecule has 1 heterocycles. The van der Waals surface area contributed by atoms with Crippen LogP contribution in [0.1, 0.15) is 26.3 Å². The van der Waals surface area contributed by atoms with Gasteiger partial charge in [0.1, 0.15) is 5.82 Å². The van der Waals surface area contributed by atoms with Gasteiger partial charge in [-0.3, -0.25) is 10.1 Å². The van der Waals surface area contributed by atoms with Gasteiger partial charge in [0.05, 0.1) is 21.2 Å². The van der Waals surface area contributed by atoms with Crippen LogP contribution in [0.2, 0.25) is 5.02 Å². The minimum atomic E-state index is -0.485. The highest BCUT2D eigenvalue weighted by Gasteiger charge is 2.28. The third-order valence-corrected chi connectivity index (χ3v) is 4.40. The minimum absolute atomic E-state index is 0.0618. The molecule has 1 N–H and O–H groups in total. The van der Waals surface area contributed by atoms with E-state index in [0.29, 0.717) is 27.4 Å². The summed E-state index contributed by atoms with van der Waals surface area (Å²) in [5.41, 5.74) is 2.32. The highest BCUT2D eigenvalue weighted by molar-refractivity contribution is 6.35. The second-order valence-corrected chi connectivity index (χ2v) is 6.83. The van der Waals surface area contributed by atoms with E-state index < -0.39 is 10.7 Å². The van der Waals surface area contributed by atoms with Crippen LogP contribution in [-0.2, 0) is 0 Å². The lowest BCUT2D eigenvalue weighted by molar-refractivity contribution is -0.384. The fraction of sp³-hybridized carbons (Fsp3) is 0.222. The Morgan fingerprint density at radius 2 is 2.00 bits per heavy atom. The summed E-state index contributed by atoms with van der Waals surface area (Å²) in [6.45, 7) is 5.77. The number of hydrogen-bond donors (Lipinski definition) is 1. The zero-order valence-corrected chi connectivity index (χ0v) is 14.2. The number of halogens is 2. The summed E-state index contributed by atoms with van der Waals surface area (Å²) in [6, 6.07) is 7.35. The Morgan fingerprint density at radius 1 is 1.29 bits per heavy atom. The SMILES string of the molecule is CC1=CC(C)(C)Nc2c(F)cc(-c3cccc([N+](=O)[O-])c3)c(Cl)c21. The number of nitro groups is 1. The van der Waals surface area contributed by atoms with E-state index in [1.54, 1.807) is 12.1 Å². The molecule has 2 aromatic carbocycles. The summed E-state index contributed by atoms with van der Waals surface area (Å²) in [5.74, 6) is -0.434. The fourth-order valence-electron chi connectivity index (χ4n) is 3.09. The molecule has 1 aliphatic rings. The van der Waals surface area contributed by atoms with Crippen LogP contribution < -0.4 is 5.32 Å². The molecule has 3 rings (SSSR count). The summed E-state index contributed by atoms with van der Waals surface area (Å²) in [7, 11) is 0. The smallest absolute Gasteiger partial charge is 0.270 e. The number of non-ortho nitro benzene ring substituents is 1. The third kappa shape index (κ3) is 2.76. The van der Waals surface area contributed by atoms with Gasteiger partial charge in [0.15, 0.2) is 0 Å². The molecule has 0 spiro atoms. The van der Waals surface area contributed by atoms with Crippen LogP contribution in [0.5, 0.6) is 0 Å². The van der Waals surface area contributed by atoms with Crippen molar-refractivity contribution in [3.63, 3.8) is 0 Å². The van der Waals surface area contributed by atoms with Gasteiger partial charge in [0.25, 0.3) is 5.69 Å². The Hall–Kier alpha value is -2.40. The van der Waals surface area contributed by atoms with Crippen molar-refractivity contribution in [1.29, 1.82) is 0 Å². The summed E-state index contributed by atoms with van der Waals surface area (Å²) in [5, 5.41) is 14.5. The van der Waals surface area contributed by atoms with E-state index in [-0.39, 0.29) is 11.2 Å². The minimum Gasteiger partial charge on any atom is -0.374 e. The molecule has 0 fully saturated rings. The van der Waals surface area contributed by atoms with E-state index >= 15 is 0 Å². The number of nitrogens with one attached hydrogen (secondary N) is 1. The number of anilines is 1. The molecule has 6 heteroatoms. The van der Waals surface area contributed by atoms with Crippen LogP contribution in [-0.4, -0.2) is 10.5 Å². The number of fused-ring (bicyclic) bond motifs is 1. The van der Waals surface area contributed by atoms with Gasteiger partial charge in [-0.1, -0.05) is 29.8 Å². The van der Waals surface area contributed by atoms with Crippen LogP contribution in [0.3, 0.4) is 0 Å². The first-order valence-electron chi connectivity index (χ1n) is 7.44. The fourth-order valence-corrected chi connectivity index (χ4v) is 3.49. The van der Waals surface area contributed by atoms with Crippen LogP contribution in [0, 0.1) is 15.9 Å². The van der Waals surface area contributed by atoms with E-state index in [1.807, 2.05) is 26.8 Å². The van der Waals surface area contributed by atoms with E-state index in [9.17, 15) is 14.5 Å². The predicted molar refractivity (Wildman–Crippen MR) is 94.9 cm³/mol. The first-order chi connectivity index (χ1) is 11.2. The van der Waals surface area contributed by atoms with Crippen LogP contribution in [0.4, 0.5) is 15.8 Å². The van der Waals surface area contributed by atoms with Gasteiger partial charge in [-0.05, 0) is 38.0 Å². The lowest BCUT2D eigenvalue weighted by atomic mass is 9.89. The Balaban J connectivity index is 2.23. The number of benzene rings is 2. The Labute approximate surface area is 144 Å². The number of nitrogens with zero attached hydrogens (tertiary/aromatic N) is 1. The van der Waals surface area contributed by atoms with Gasteiger partial charge in [0.2, 0.25) is 0 Å². The molecule has 2 aromatic rings. The van der Waals surface area contributed by atoms with Crippen molar-refractivity contribution in [1.82, 2.24) is 0 Å². The molecular formula is C18H16ClFN2O2.